The molecule has 9 heteroatoms. The molecule has 0 fully saturated rings. The number of carbonyl (C=O) groups excluding carboxylic acids is 2. The standard InChI is InChI=1S/C47H89NO8/c1-6-8-10-12-14-16-18-19-20-21-22-23-24-25-26-27-28-30-32-34-36-38-45(50)56-43(42-55-47(46(51)52)53-40-39-48(3,4)5)41-54-44(49)37-35-33-31-29-17-15-13-11-9-7-2/h21-22,43,47H,6-20,23-42H2,1-5H3/p+1/b22-21-. The summed E-state index contributed by atoms with van der Waals surface area (Å²) in [5.74, 6) is -2.00. The van der Waals surface area contributed by atoms with E-state index in [9.17, 15) is 19.5 Å². The van der Waals surface area contributed by atoms with Gasteiger partial charge in [0.15, 0.2) is 6.10 Å². The van der Waals surface area contributed by atoms with Crippen molar-refractivity contribution in [1.82, 2.24) is 0 Å². The highest BCUT2D eigenvalue weighted by atomic mass is 16.7. The molecule has 0 amide bonds. The second-order valence-electron chi connectivity index (χ2n) is 17.1. The number of nitrogens with zero attached hydrogens (tertiary/aromatic N) is 1. The largest absolute Gasteiger partial charge is 0.477 e. The van der Waals surface area contributed by atoms with Gasteiger partial charge in [-0.3, -0.25) is 9.59 Å². The molecule has 0 aromatic carbocycles. The van der Waals surface area contributed by atoms with E-state index in [0.717, 1.165) is 38.5 Å². The number of rotatable bonds is 43. The lowest BCUT2D eigenvalue weighted by atomic mass is 10.1. The fraction of sp³-hybridized carbons (Fsp3) is 0.894. The minimum atomic E-state index is -1.50. The molecule has 0 saturated carbocycles. The quantitative estimate of drug-likeness (QED) is 0.0214. The van der Waals surface area contributed by atoms with E-state index in [0.29, 0.717) is 17.4 Å². The van der Waals surface area contributed by atoms with Crippen LogP contribution in [0.1, 0.15) is 213 Å². The van der Waals surface area contributed by atoms with Crippen LogP contribution in [0.5, 0.6) is 0 Å². The minimum absolute atomic E-state index is 0.177. The summed E-state index contributed by atoms with van der Waals surface area (Å²) in [6.07, 6.45) is 38.5. The van der Waals surface area contributed by atoms with Gasteiger partial charge in [0.25, 0.3) is 6.29 Å². The Bertz CT molecular complexity index is 934. The maximum absolute atomic E-state index is 12.8. The number of esters is 2. The van der Waals surface area contributed by atoms with Crippen LogP contribution in [0.4, 0.5) is 0 Å². The zero-order valence-electron chi connectivity index (χ0n) is 37.3. The average molecular weight is 797 g/mol. The molecule has 0 bridgehead atoms. The number of allylic oxidation sites excluding steroid dienone is 2. The summed E-state index contributed by atoms with van der Waals surface area (Å²) >= 11 is 0. The van der Waals surface area contributed by atoms with Gasteiger partial charge >= 0.3 is 17.9 Å². The van der Waals surface area contributed by atoms with Crippen molar-refractivity contribution < 1.29 is 42.9 Å². The Labute approximate surface area is 345 Å². The molecular formula is C47H90NO8+. The summed E-state index contributed by atoms with van der Waals surface area (Å²) in [5.41, 5.74) is 0. The van der Waals surface area contributed by atoms with Gasteiger partial charge in [-0.25, -0.2) is 4.79 Å². The molecule has 2 atom stereocenters. The second-order valence-corrected chi connectivity index (χ2v) is 17.1. The molecule has 0 heterocycles. The molecule has 0 aliphatic heterocycles. The molecule has 0 aromatic heterocycles. The van der Waals surface area contributed by atoms with Gasteiger partial charge in [0, 0.05) is 12.8 Å². The lowest BCUT2D eigenvalue weighted by Crippen LogP contribution is -2.40. The monoisotopic (exact) mass is 797 g/mol. The molecule has 0 aromatic rings. The van der Waals surface area contributed by atoms with E-state index >= 15 is 0 Å². The molecule has 56 heavy (non-hydrogen) atoms. The van der Waals surface area contributed by atoms with Crippen LogP contribution in [0.15, 0.2) is 12.2 Å². The van der Waals surface area contributed by atoms with E-state index in [-0.39, 0.29) is 32.2 Å². The third-order valence-electron chi connectivity index (χ3n) is 10.3. The smallest absolute Gasteiger partial charge is 0.361 e. The van der Waals surface area contributed by atoms with Crippen LogP contribution in [0.25, 0.3) is 0 Å². The molecule has 330 valence electrons. The van der Waals surface area contributed by atoms with Crippen LogP contribution in [0.3, 0.4) is 0 Å². The van der Waals surface area contributed by atoms with Crippen molar-refractivity contribution in [3.63, 3.8) is 0 Å². The van der Waals surface area contributed by atoms with Crippen LogP contribution in [0, 0.1) is 0 Å². The summed E-state index contributed by atoms with van der Waals surface area (Å²) < 4.78 is 22.7. The van der Waals surface area contributed by atoms with Gasteiger partial charge in [0.2, 0.25) is 0 Å². The third-order valence-corrected chi connectivity index (χ3v) is 10.3. The predicted molar refractivity (Wildman–Crippen MR) is 231 cm³/mol. The van der Waals surface area contributed by atoms with Crippen molar-refractivity contribution in [2.75, 3.05) is 47.5 Å². The van der Waals surface area contributed by atoms with Crippen LogP contribution >= 0.6 is 0 Å². The van der Waals surface area contributed by atoms with E-state index < -0.39 is 24.3 Å². The number of carboxylic acids is 1. The molecule has 2 unspecified atom stereocenters. The van der Waals surface area contributed by atoms with Gasteiger partial charge < -0.3 is 28.5 Å². The maximum atomic E-state index is 12.8. The van der Waals surface area contributed by atoms with E-state index in [2.05, 4.69) is 26.0 Å². The Kier molecular flexibility index (Phi) is 38.4. The first-order chi connectivity index (χ1) is 27.1. The molecule has 0 radical (unpaired) electrons. The number of carboxylic acid groups (broad SMARTS) is 1. The van der Waals surface area contributed by atoms with Gasteiger partial charge in [-0.2, -0.15) is 0 Å². The van der Waals surface area contributed by atoms with Crippen molar-refractivity contribution in [3.8, 4) is 0 Å². The first-order valence-corrected chi connectivity index (χ1v) is 23.4. The summed E-state index contributed by atoms with van der Waals surface area (Å²) in [4.78, 5) is 37.0. The predicted octanol–water partition coefficient (Wildman–Crippen LogP) is 12.3. The number of aliphatic carboxylic acids is 1. The molecule has 0 spiro atoms. The molecule has 0 rings (SSSR count). The van der Waals surface area contributed by atoms with Crippen molar-refractivity contribution in [2.45, 2.75) is 225 Å². The van der Waals surface area contributed by atoms with E-state index in [1.807, 2.05) is 21.1 Å². The second kappa shape index (κ2) is 39.8. The fourth-order valence-electron chi connectivity index (χ4n) is 6.60. The first-order valence-electron chi connectivity index (χ1n) is 23.4. The van der Waals surface area contributed by atoms with Crippen molar-refractivity contribution in [1.29, 1.82) is 0 Å². The van der Waals surface area contributed by atoms with Crippen LogP contribution < -0.4 is 0 Å². The average Bonchev–Trinajstić information content (AvgIpc) is 3.15. The summed E-state index contributed by atoms with van der Waals surface area (Å²) in [5, 5.41) is 9.62. The van der Waals surface area contributed by atoms with Crippen molar-refractivity contribution >= 4 is 17.9 Å². The zero-order chi connectivity index (χ0) is 41.4. The van der Waals surface area contributed by atoms with E-state index in [1.54, 1.807) is 0 Å². The first kappa shape index (κ1) is 54.0. The summed E-state index contributed by atoms with van der Waals surface area (Å²) in [7, 11) is 5.96. The van der Waals surface area contributed by atoms with Crippen molar-refractivity contribution in [3.05, 3.63) is 12.2 Å². The SMILES string of the molecule is CCCCCCCCCC/C=C\CCCCCCCCCCCC(=O)OC(COC(=O)CCCCCCCCCCCC)COC(OCC[N+](C)(C)C)C(=O)O. The Balaban J connectivity index is 4.31. The highest BCUT2D eigenvalue weighted by Crippen LogP contribution is 2.15. The lowest BCUT2D eigenvalue weighted by Gasteiger charge is -2.25. The van der Waals surface area contributed by atoms with Crippen molar-refractivity contribution in [2.24, 2.45) is 0 Å². The number of carbonyl (C=O) groups is 3. The minimum Gasteiger partial charge on any atom is -0.477 e. The Hall–Kier alpha value is -1.97. The number of quaternary nitrogens is 1. The molecule has 1 N–H and O–H groups in total. The van der Waals surface area contributed by atoms with Gasteiger partial charge in [-0.15, -0.1) is 0 Å². The molecule has 9 nitrogen and oxygen atoms in total. The third kappa shape index (κ3) is 40.2. The highest BCUT2D eigenvalue weighted by Gasteiger charge is 2.25. The van der Waals surface area contributed by atoms with Gasteiger partial charge in [-0.05, 0) is 38.5 Å². The lowest BCUT2D eigenvalue weighted by molar-refractivity contribution is -0.870. The van der Waals surface area contributed by atoms with Gasteiger partial charge in [0.1, 0.15) is 13.2 Å². The van der Waals surface area contributed by atoms with E-state index in [1.165, 1.54) is 148 Å². The van der Waals surface area contributed by atoms with E-state index in [4.69, 9.17) is 18.9 Å². The number of ether oxygens (including phenoxy) is 4. The fourth-order valence-corrected chi connectivity index (χ4v) is 6.60. The topological polar surface area (TPSA) is 108 Å². The molecule has 0 saturated heterocycles. The number of unbranched alkanes of at least 4 members (excludes halogenated alkanes) is 26. The molecule has 0 aliphatic carbocycles. The number of hydrogen-bond acceptors (Lipinski definition) is 7. The molecule has 0 aliphatic rings. The van der Waals surface area contributed by atoms with Gasteiger partial charge in [-0.1, -0.05) is 174 Å². The highest BCUT2D eigenvalue weighted by molar-refractivity contribution is 5.71. The summed E-state index contributed by atoms with van der Waals surface area (Å²) in [6, 6.07) is 0. The molecular weight excluding hydrogens is 707 g/mol. The zero-order valence-corrected chi connectivity index (χ0v) is 37.3. The Morgan fingerprint density at radius 3 is 1.32 bits per heavy atom. The van der Waals surface area contributed by atoms with Crippen LogP contribution in [0.2, 0.25) is 0 Å². The maximum Gasteiger partial charge on any atom is 0.361 e. The Morgan fingerprint density at radius 2 is 0.911 bits per heavy atom. The van der Waals surface area contributed by atoms with Crippen LogP contribution in [-0.2, 0) is 33.3 Å². The Morgan fingerprint density at radius 1 is 0.518 bits per heavy atom. The number of hydrogen-bond donors (Lipinski definition) is 1. The number of likely N-dealkylation sites (N-methyl/N-ethyl adjacent to an activating group) is 1. The summed E-state index contributed by atoms with van der Waals surface area (Å²) in [6.45, 7) is 4.87. The van der Waals surface area contributed by atoms with Crippen LogP contribution in [-0.4, -0.2) is 87.4 Å². The van der Waals surface area contributed by atoms with Gasteiger partial charge in [0.05, 0.1) is 34.4 Å². The normalized spacial score (nSPS) is 12.9.